The van der Waals surface area contributed by atoms with Crippen molar-refractivity contribution in [2.75, 3.05) is 13.2 Å². The van der Waals surface area contributed by atoms with Crippen LogP contribution in [0, 0.1) is 0 Å². The molecule has 0 aromatic carbocycles. The molecule has 0 aliphatic carbocycles. The van der Waals surface area contributed by atoms with Gasteiger partial charge < -0.3 is 10.1 Å². The number of carbonyl (C=O) groups is 1. The van der Waals surface area contributed by atoms with Gasteiger partial charge in [0.1, 0.15) is 0 Å². The third-order valence-corrected chi connectivity index (χ3v) is 1.61. The van der Waals surface area contributed by atoms with E-state index in [1.807, 2.05) is 13.8 Å². The Balaban J connectivity index is 2.08. The molecular formula is C8H15N5O2. The predicted molar refractivity (Wildman–Crippen MR) is 52.2 cm³/mol. The van der Waals surface area contributed by atoms with Crippen LogP contribution in [-0.4, -0.2) is 45.8 Å². The van der Waals surface area contributed by atoms with Crippen LogP contribution >= 0.6 is 0 Å². The highest BCUT2D eigenvalue weighted by molar-refractivity contribution is 5.89. The summed E-state index contributed by atoms with van der Waals surface area (Å²) < 4.78 is 5.31. The monoisotopic (exact) mass is 213 g/mol. The molecule has 1 heterocycles. The molecule has 1 aromatic rings. The van der Waals surface area contributed by atoms with E-state index in [0.717, 1.165) is 6.42 Å². The van der Waals surface area contributed by atoms with Crippen molar-refractivity contribution in [3.8, 4) is 0 Å². The molecule has 0 saturated heterocycles. The fourth-order valence-corrected chi connectivity index (χ4v) is 0.930. The van der Waals surface area contributed by atoms with Gasteiger partial charge in [0.15, 0.2) is 0 Å². The van der Waals surface area contributed by atoms with Crippen molar-refractivity contribution in [1.82, 2.24) is 25.9 Å². The van der Waals surface area contributed by atoms with Gasteiger partial charge in [0.25, 0.3) is 11.7 Å². The lowest BCUT2D eigenvalue weighted by molar-refractivity contribution is 0.0756. The maximum atomic E-state index is 11.3. The van der Waals surface area contributed by atoms with Gasteiger partial charge in [-0.15, -0.1) is 10.2 Å². The van der Waals surface area contributed by atoms with E-state index in [0.29, 0.717) is 13.2 Å². The number of aromatic nitrogens is 4. The Bertz CT molecular complexity index is 285. The summed E-state index contributed by atoms with van der Waals surface area (Å²) in [5.74, 6) is -0.270. The second-order valence-corrected chi connectivity index (χ2v) is 3.26. The van der Waals surface area contributed by atoms with Gasteiger partial charge in [-0.25, -0.2) is 0 Å². The average molecular weight is 213 g/mol. The van der Waals surface area contributed by atoms with Crippen LogP contribution in [0.3, 0.4) is 0 Å². The van der Waals surface area contributed by atoms with Gasteiger partial charge in [-0.3, -0.25) is 4.79 Å². The molecule has 84 valence electrons. The Morgan fingerprint density at radius 1 is 1.60 bits per heavy atom. The van der Waals surface area contributed by atoms with E-state index in [-0.39, 0.29) is 17.8 Å². The van der Waals surface area contributed by atoms with Gasteiger partial charge in [0, 0.05) is 13.2 Å². The zero-order valence-corrected chi connectivity index (χ0v) is 8.86. The molecule has 0 aliphatic rings. The molecule has 0 radical (unpaired) electrons. The summed E-state index contributed by atoms with van der Waals surface area (Å²) in [7, 11) is 0. The first kappa shape index (κ1) is 11.6. The first-order chi connectivity index (χ1) is 7.20. The van der Waals surface area contributed by atoms with Gasteiger partial charge >= 0.3 is 0 Å². The fraction of sp³-hybridized carbons (Fsp3) is 0.750. The molecule has 0 unspecified atom stereocenters. The highest BCUT2D eigenvalue weighted by Gasteiger charge is 2.08. The molecule has 2 N–H and O–H groups in total. The van der Waals surface area contributed by atoms with E-state index in [1.54, 1.807) is 0 Å². The van der Waals surface area contributed by atoms with Gasteiger partial charge in [0.2, 0.25) is 0 Å². The van der Waals surface area contributed by atoms with Crippen LogP contribution in [0.1, 0.15) is 30.9 Å². The summed E-state index contributed by atoms with van der Waals surface area (Å²) in [6.45, 7) is 5.11. The Morgan fingerprint density at radius 2 is 2.40 bits per heavy atom. The molecule has 0 spiro atoms. The molecule has 1 amide bonds. The lowest BCUT2D eigenvalue weighted by atomic mass is 10.4. The van der Waals surface area contributed by atoms with Crippen molar-refractivity contribution >= 4 is 5.91 Å². The quantitative estimate of drug-likeness (QED) is 0.635. The molecule has 0 fully saturated rings. The second kappa shape index (κ2) is 6.07. The highest BCUT2D eigenvalue weighted by Crippen LogP contribution is 1.90. The summed E-state index contributed by atoms with van der Waals surface area (Å²) in [6, 6.07) is 0. The van der Waals surface area contributed by atoms with E-state index < -0.39 is 0 Å². The van der Waals surface area contributed by atoms with Gasteiger partial charge in [-0.1, -0.05) is 0 Å². The van der Waals surface area contributed by atoms with E-state index in [4.69, 9.17) is 4.74 Å². The molecule has 1 aromatic heterocycles. The van der Waals surface area contributed by atoms with Crippen molar-refractivity contribution < 1.29 is 9.53 Å². The number of nitrogens with one attached hydrogen (secondary N) is 2. The van der Waals surface area contributed by atoms with E-state index in [1.165, 1.54) is 0 Å². The van der Waals surface area contributed by atoms with Crippen LogP contribution in [0.4, 0.5) is 0 Å². The van der Waals surface area contributed by atoms with E-state index >= 15 is 0 Å². The number of hydrogen-bond donors (Lipinski definition) is 2. The number of ether oxygens (including phenoxy) is 1. The molecule has 7 heteroatoms. The Hall–Kier alpha value is -1.50. The Morgan fingerprint density at radius 3 is 3.00 bits per heavy atom. The molecule has 15 heavy (non-hydrogen) atoms. The van der Waals surface area contributed by atoms with Crippen LogP contribution < -0.4 is 5.32 Å². The van der Waals surface area contributed by atoms with Crippen LogP contribution in [0.5, 0.6) is 0 Å². The molecule has 7 nitrogen and oxygen atoms in total. The lowest BCUT2D eigenvalue weighted by Crippen LogP contribution is -2.26. The van der Waals surface area contributed by atoms with Gasteiger partial charge in [-0.2, -0.15) is 5.21 Å². The summed E-state index contributed by atoms with van der Waals surface area (Å²) in [4.78, 5) is 11.3. The van der Waals surface area contributed by atoms with E-state index in [2.05, 4.69) is 25.9 Å². The zero-order valence-electron chi connectivity index (χ0n) is 8.86. The largest absolute Gasteiger partial charge is 0.379 e. The smallest absolute Gasteiger partial charge is 0.292 e. The Kier molecular flexibility index (Phi) is 4.69. The fourth-order valence-electron chi connectivity index (χ4n) is 0.930. The molecule has 1 rings (SSSR count). The van der Waals surface area contributed by atoms with Gasteiger partial charge in [-0.05, 0) is 25.5 Å². The second-order valence-electron chi connectivity index (χ2n) is 3.26. The topological polar surface area (TPSA) is 92.8 Å². The van der Waals surface area contributed by atoms with Crippen molar-refractivity contribution in [1.29, 1.82) is 0 Å². The third-order valence-electron chi connectivity index (χ3n) is 1.61. The number of aromatic amines is 1. The van der Waals surface area contributed by atoms with Crippen molar-refractivity contribution in [2.45, 2.75) is 26.4 Å². The molecule has 0 saturated carbocycles. The lowest BCUT2D eigenvalue weighted by Gasteiger charge is -2.06. The van der Waals surface area contributed by atoms with Crippen LogP contribution in [0.2, 0.25) is 0 Å². The minimum Gasteiger partial charge on any atom is -0.379 e. The number of H-pyrrole nitrogens is 1. The summed E-state index contributed by atoms with van der Waals surface area (Å²) in [6.07, 6.45) is 0.986. The van der Waals surface area contributed by atoms with Crippen LogP contribution in [0.25, 0.3) is 0 Å². The summed E-state index contributed by atoms with van der Waals surface area (Å²) in [5, 5.41) is 15.3. The summed E-state index contributed by atoms with van der Waals surface area (Å²) >= 11 is 0. The Labute approximate surface area is 87.6 Å². The zero-order chi connectivity index (χ0) is 11.1. The molecule has 0 bridgehead atoms. The van der Waals surface area contributed by atoms with Crippen molar-refractivity contribution in [3.63, 3.8) is 0 Å². The third kappa shape index (κ3) is 4.50. The SMILES string of the molecule is CC(C)OCCCNC(=O)c1nn[nH]n1. The number of amides is 1. The highest BCUT2D eigenvalue weighted by atomic mass is 16.5. The maximum absolute atomic E-state index is 11.3. The number of hydrogen-bond acceptors (Lipinski definition) is 5. The number of nitrogens with zero attached hydrogens (tertiary/aromatic N) is 3. The van der Waals surface area contributed by atoms with Crippen molar-refractivity contribution in [2.24, 2.45) is 0 Å². The number of tetrazole rings is 1. The predicted octanol–water partition coefficient (Wildman–Crippen LogP) is -0.255. The maximum Gasteiger partial charge on any atom is 0.292 e. The minimum absolute atomic E-state index is 0.0553. The number of carbonyl (C=O) groups excluding carboxylic acids is 1. The standard InChI is InChI=1S/C8H15N5O2/c1-6(2)15-5-3-4-9-8(14)7-10-12-13-11-7/h6H,3-5H2,1-2H3,(H,9,14)(H,10,11,12,13). The van der Waals surface area contributed by atoms with E-state index in [9.17, 15) is 4.79 Å². The van der Waals surface area contributed by atoms with Gasteiger partial charge in [0.05, 0.1) is 6.10 Å². The van der Waals surface area contributed by atoms with Crippen molar-refractivity contribution in [3.05, 3.63) is 5.82 Å². The van der Waals surface area contributed by atoms with Crippen LogP contribution in [-0.2, 0) is 4.74 Å². The molecular weight excluding hydrogens is 198 g/mol. The first-order valence-corrected chi connectivity index (χ1v) is 4.83. The molecule has 0 atom stereocenters. The summed E-state index contributed by atoms with van der Waals surface area (Å²) in [5.41, 5.74) is 0. The average Bonchev–Trinajstić information content (AvgIpc) is 2.69. The number of rotatable bonds is 6. The first-order valence-electron chi connectivity index (χ1n) is 4.83. The molecule has 0 aliphatic heterocycles. The minimum atomic E-state index is -0.326. The van der Waals surface area contributed by atoms with Crippen LogP contribution in [0.15, 0.2) is 0 Å². The normalized spacial score (nSPS) is 10.6.